The minimum Gasteiger partial charge on any atom is -0.464 e. The molecule has 0 bridgehead atoms. The van der Waals surface area contributed by atoms with Crippen LogP contribution in [0, 0.1) is 17.6 Å². The molecule has 0 spiro atoms. The molecule has 54 heavy (non-hydrogen) atoms. The third-order valence-electron chi connectivity index (χ3n) is 10.3. The first-order valence-corrected chi connectivity index (χ1v) is 19.1. The fourth-order valence-electron chi connectivity index (χ4n) is 7.68. The van der Waals surface area contributed by atoms with Crippen LogP contribution in [-0.4, -0.2) is 51.1 Å². The molecule has 3 aromatic heterocycles. The van der Waals surface area contributed by atoms with E-state index < -0.39 is 24.2 Å². The number of thiazole rings is 1. The highest BCUT2D eigenvalue weighted by molar-refractivity contribution is 7.15. The summed E-state index contributed by atoms with van der Waals surface area (Å²) in [5.41, 5.74) is 5.78. The van der Waals surface area contributed by atoms with Crippen molar-refractivity contribution in [2.24, 2.45) is 5.92 Å². The number of carbonyl (C=O) groups excluding carboxylic acids is 2. The van der Waals surface area contributed by atoms with Crippen LogP contribution in [0.2, 0.25) is 5.02 Å². The Labute approximate surface area is 319 Å². The second kappa shape index (κ2) is 14.2. The fraction of sp³-hybridized carbons (Fsp3) is 0.293. The van der Waals surface area contributed by atoms with Crippen LogP contribution in [-0.2, 0) is 16.0 Å². The second-order valence-corrected chi connectivity index (χ2v) is 15.5. The van der Waals surface area contributed by atoms with Crippen molar-refractivity contribution in [3.05, 3.63) is 106 Å². The van der Waals surface area contributed by atoms with Gasteiger partial charge in [0.25, 0.3) is 0 Å². The Morgan fingerprint density at radius 1 is 1.09 bits per heavy atom. The molecule has 3 unspecified atom stereocenters. The molecule has 278 valence electrons. The molecule has 13 heteroatoms. The van der Waals surface area contributed by atoms with Gasteiger partial charge in [-0.2, -0.15) is 0 Å². The maximum atomic E-state index is 16.6. The summed E-state index contributed by atoms with van der Waals surface area (Å²) in [5, 5.41) is 4.81. The van der Waals surface area contributed by atoms with Gasteiger partial charge in [-0.25, -0.2) is 18.6 Å². The van der Waals surface area contributed by atoms with E-state index in [0.717, 1.165) is 45.4 Å². The van der Waals surface area contributed by atoms with Gasteiger partial charge in [-0.3, -0.25) is 9.36 Å². The molecule has 2 N–H and O–H groups in total. The highest BCUT2D eigenvalue weighted by atomic mass is 35.5. The summed E-state index contributed by atoms with van der Waals surface area (Å²) in [5.74, 6) is -0.732. The number of H-pyrrole nitrogens is 1. The minimum absolute atomic E-state index is 0.153. The highest BCUT2D eigenvalue weighted by Gasteiger charge is 2.38. The van der Waals surface area contributed by atoms with Gasteiger partial charge >= 0.3 is 6.09 Å². The molecule has 3 atom stereocenters. The average molecular weight is 770 g/mol. The summed E-state index contributed by atoms with van der Waals surface area (Å²) in [6.07, 6.45) is 2.65. The third-order valence-corrected chi connectivity index (χ3v) is 11.6. The highest BCUT2D eigenvalue weighted by Crippen LogP contribution is 2.48. The first-order chi connectivity index (χ1) is 26.0. The molecule has 5 heterocycles. The quantitative estimate of drug-likeness (QED) is 0.161. The van der Waals surface area contributed by atoms with Crippen molar-refractivity contribution in [1.82, 2.24) is 24.8 Å². The van der Waals surface area contributed by atoms with Crippen LogP contribution >= 0.6 is 22.9 Å². The molecular formula is C41H38ClF2N5O4S. The molecule has 2 aliphatic heterocycles. The maximum absolute atomic E-state index is 16.6. The van der Waals surface area contributed by atoms with Gasteiger partial charge in [0.05, 0.1) is 34.8 Å². The normalized spacial score (nSPS) is 17.0. The number of alkyl carbamates (subject to hydrolysis) is 1. The Balaban J connectivity index is 1.18. The van der Waals surface area contributed by atoms with Crippen LogP contribution < -0.4 is 10.1 Å². The van der Waals surface area contributed by atoms with Gasteiger partial charge in [0, 0.05) is 45.7 Å². The third kappa shape index (κ3) is 6.30. The summed E-state index contributed by atoms with van der Waals surface area (Å²) in [7, 11) is 1.28. The summed E-state index contributed by atoms with van der Waals surface area (Å²) < 4.78 is 43.8. The Hall–Kier alpha value is -5.20. The van der Waals surface area contributed by atoms with Crippen LogP contribution in [0.4, 0.5) is 13.6 Å². The van der Waals surface area contributed by atoms with Crippen LogP contribution in [0.5, 0.6) is 5.75 Å². The molecule has 6 aromatic rings. The lowest BCUT2D eigenvalue weighted by Crippen LogP contribution is -2.51. The van der Waals surface area contributed by atoms with E-state index in [0.29, 0.717) is 51.3 Å². The van der Waals surface area contributed by atoms with E-state index in [-0.39, 0.29) is 23.7 Å². The number of aromatic nitrogens is 3. The van der Waals surface area contributed by atoms with Gasteiger partial charge in [0.1, 0.15) is 28.4 Å². The number of aromatic amines is 1. The molecule has 9 nitrogen and oxygen atoms in total. The maximum Gasteiger partial charge on any atom is 0.407 e. The van der Waals surface area contributed by atoms with Gasteiger partial charge < -0.3 is 24.7 Å². The number of benzene rings is 3. The lowest BCUT2D eigenvalue weighted by Gasteiger charge is -2.31. The minimum atomic E-state index is -0.741. The number of hydrogen-bond acceptors (Lipinski definition) is 6. The van der Waals surface area contributed by atoms with Crippen molar-refractivity contribution < 1.29 is 27.8 Å². The van der Waals surface area contributed by atoms with Crippen molar-refractivity contribution in [2.75, 3.05) is 13.7 Å². The van der Waals surface area contributed by atoms with E-state index in [2.05, 4.69) is 22.2 Å². The number of halogens is 3. The number of nitrogens with one attached hydrogen (secondary N) is 2. The van der Waals surface area contributed by atoms with Crippen LogP contribution in [0.3, 0.4) is 0 Å². The molecule has 0 aliphatic carbocycles. The SMILES string of the molecule is CCc1cc(-c2cc(F)c3c(c2)OC(c2cnc(-c4ccc(F)cc4)s2)n2c-3cc3cc(Cl)ccc32)[nH]c1C1CCCN1C(=O)C(NC(=O)OC)C(C)C. The van der Waals surface area contributed by atoms with Crippen molar-refractivity contribution >= 4 is 45.8 Å². The number of aryl methyl sites for hydroxylation is 1. The monoisotopic (exact) mass is 769 g/mol. The molecule has 2 amide bonds. The number of hydrogen-bond donors (Lipinski definition) is 2. The Bertz CT molecular complexity index is 2400. The summed E-state index contributed by atoms with van der Waals surface area (Å²) >= 11 is 7.82. The van der Waals surface area contributed by atoms with E-state index in [1.165, 1.54) is 36.6 Å². The van der Waals surface area contributed by atoms with E-state index >= 15 is 4.39 Å². The van der Waals surface area contributed by atoms with Crippen LogP contribution in [0.15, 0.2) is 72.9 Å². The Kier molecular flexibility index (Phi) is 9.43. The smallest absolute Gasteiger partial charge is 0.407 e. The van der Waals surface area contributed by atoms with Crippen molar-refractivity contribution in [3.63, 3.8) is 0 Å². The molecule has 1 fully saturated rings. The number of carbonyl (C=O) groups is 2. The number of nitrogens with zero attached hydrogens (tertiary/aromatic N) is 3. The van der Waals surface area contributed by atoms with Crippen molar-refractivity contribution in [2.45, 2.75) is 58.3 Å². The summed E-state index contributed by atoms with van der Waals surface area (Å²) in [6, 6.07) is 18.0. The van der Waals surface area contributed by atoms with Gasteiger partial charge in [-0.15, -0.1) is 11.3 Å². The number of methoxy groups -OCH3 is 1. The Morgan fingerprint density at radius 2 is 1.89 bits per heavy atom. The lowest BCUT2D eigenvalue weighted by atomic mass is 10.0. The second-order valence-electron chi connectivity index (χ2n) is 14.0. The van der Waals surface area contributed by atoms with Gasteiger partial charge in [0.2, 0.25) is 12.1 Å². The number of amides is 2. The molecule has 8 rings (SSSR count). The predicted molar refractivity (Wildman–Crippen MR) is 206 cm³/mol. The number of fused-ring (bicyclic) bond motifs is 5. The Morgan fingerprint density at radius 3 is 2.63 bits per heavy atom. The first kappa shape index (κ1) is 35.8. The predicted octanol–water partition coefficient (Wildman–Crippen LogP) is 9.90. The molecule has 0 radical (unpaired) electrons. The number of likely N-dealkylation sites (tertiary alicyclic amines) is 1. The summed E-state index contributed by atoms with van der Waals surface area (Å²) in [6.45, 7) is 6.38. The van der Waals surface area contributed by atoms with Gasteiger partial charge in [-0.1, -0.05) is 32.4 Å². The molecular weight excluding hydrogens is 732 g/mol. The van der Waals surface area contributed by atoms with Gasteiger partial charge in [-0.05, 0) is 97.5 Å². The largest absolute Gasteiger partial charge is 0.464 e. The summed E-state index contributed by atoms with van der Waals surface area (Å²) in [4.78, 5) is 36.8. The van der Waals surface area contributed by atoms with E-state index in [1.54, 1.807) is 24.4 Å². The van der Waals surface area contributed by atoms with Gasteiger partial charge in [0.15, 0.2) is 0 Å². The fourth-order valence-corrected chi connectivity index (χ4v) is 8.81. The number of ether oxygens (including phenoxy) is 2. The van der Waals surface area contributed by atoms with E-state index in [1.807, 2.05) is 53.6 Å². The van der Waals surface area contributed by atoms with Crippen molar-refractivity contribution in [3.8, 4) is 38.8 Å². The standard InChI is InChI=1S/C41H38ClF2N5O4S/c1-5-22-17-29(46-37(22)31-7-6-14-48(31)39(50)36(21(2)3)47-41(51)52-4)24-16-28(44)35-32-18-25-15-26(42)10-13-30(25)49(32)40(53-33(35)19-24)34-20-45-38(54-34)23-8-11-27(43)12-9-23/h8-13,15-21,31,36,40,46H,5-7,14H2,1-4H3,(H,47,51). The van der Waals surface area contributed by atoms with Crippen LogP contribution in [0.25, 0.3) is 44.0 Å². The lowest BCUT2D eigenvalue weighted by molar-refractivity contribution is -0.135. The molecule has 2 aliphatic rings. The van der Waals surface area contributed by atoms with Crippen molar-refractivity contribution in [1.29, 1.82) is 0 Å². The average Bonchev–Trinajstić information content (AvgIpc) is 3.98. The van der Waals surface area contributed by atoms with E-state index in [9.17, 15) is 14.0 Å². The first-order valence-electron chi connectivity index (χ1n) is 17.9. The zero-order valence-electron chi connectivity index (χ0n) is 30.1. The number of rotatable bonds is 8. The molecule has 0 saturated carbocycles. The zero-order chi connectivity index (χ0) is 37.8. The zero-order valence-corrected chi connectivity index (χ0v) is 31.7. The van der Waals surface area contributed by atoms with E-state index in [4.69, 9.17) is 21.1 Å². The molecule has 1 saturated heterocycles. The topological polar surface area (TPSA) is 101 Å². The molecule has 3 aromatic carbocycles. The van der Waals surface area contributed by atoms with Crippen LogP contribution in [0.1, 0.15) is 62.0 Å².